The van der Waals surface area contributed by atoms with Gasteiger partial charge in [-0.05, 0) is 35.5 Å². The summed E-state index contributed by atoms with van der Waals surface area (Å²) in [5.41, 5.74) is 2.00. The van der Waals surface area contributed by atoms with Crippen molar-refractivity contribution < 1.29 is 4.39 Å². The van der Waals surface area contributed by atoms with Crippen LogP contribution in [0.15, 0.2) is 22.8 Å². The number of rotatable bonds is 3. The summed E-state index contributed by atoms with van der Waals surface area (Å²) in [6.45, 7) is 1.75. The van der Waals surface area contributed by atoms with Crippen LogP contribution in [-0.4, -0.2) is 22.0 Å². The van der Waals surface area contributed by atoms with Crippen molar-refractivity contribution in [2.24, 2.45) is 7.05 Å². The van der Waals surface area contributed by atoms with Gasteiger partial charge in [0.05, 0.1) is 11.7 Å². The Morgan fingerprint density at radius 1 is 1.44 bits per heavy atom. The summed E-state index contributed by atoms with van der Waals surface area (Å²) in [4.78, 5) is 0. The molecule has 0 aliphatic carbocycles. The number of benzene rings is 1. The summed E-state index contributed by atoms with van der Waals surface area (Å²) in [6.07, 6.45) is 0. The van der Waals surface area contributed by atoms with Crippen molar-refractivity contribution >= 4 is 15.9 Å². The van der Waals surface area contributed by atoms with Crippen molar-refractivity contribution in [1.82, 2.24) is 20.3 Å². The molecule has 2 aromatic rings. The minimum absolute atomic E-state index is 0.204. The van der Waals surface area contributed by atoms with Crippen LogP contribution >= 0.6 is 15.9 Å². The third-order valence-corrected chi connectivity index (χ3v) is 3.49. The Balaban J connectivity index is 2.56. The molecule has 0 amide bonds. The highest BCUT2D eigenvalue weighted by molar-refractivity contribution is 9.10. The van der Waals surface area contributed by atoms with E-state index in [1.54, 1.807) is 37.8 Å². The minimum atomic E-state index is -0.292. The fourth-order valence-electron chi connectivity index (χ4n) is 1.98. The van der Waals surface area contributed by atoms with Gasteiger partial charge in [-0.3, -0.25) is 0 Å². The molecular weight excluding hydrogens is 299 g/mol. The molecule has 0 bridgehead atoms. The lowest BCUT2D eigenvalue weighted by atomic mass is 10.0. The summed E-state index contributed by atoms with van der Waals surface area (Å²) < 4.78 is 16.4. The molecular formula is C12H14BrFN4. The summed E-state index contributed by atoms with van der Waals surface area (Å²) in [7, 11) is 3.57. The Morgan fingerprint density at radius 3 is 2.72 bits per heavy atom. The van der Waals surface area contributed by atoms with Crippen molar-refractivity contribution in [3.05, 3.63) is 45.4 Å². The zero-order valence-corrected chi connectivity index (χ0v) is 12.0. The first-order valence-corrected chi connectivity index (χ1v) is 6.33. The lowest BCUT2D eigenvalue weighted by molar-refractivity contribution is 0.544. The van der Waals surface area contributed by atoms with Crippen molar-refractivity contribution in [3.63, 3.8) is 0 Å². The van der Waals surface area contributed by atoms with E-state index >= 15 is 0 Å². The zero-order chi connectivity index (χ0) is 13.3. The molecule has 0 aliphatic rings. The first-order chi connectivity index (χ1) is 8.56. The van der Waals surface area contributed by atoms with Gasteiger partial charge < -0.3 is 5.32 Å². The smallest absolute Gasteiger partial charge is 0.153 e. The maximum atomic E-state index is 14.2. The Labute approximate surface area is 113 Å². The molecule has 0 saturated heterocycles. The van der Waals surface area contributed by atoms with Crippen LogP contribution < -0.4 is 5.32 Å². The third-order valence-electron chi connectivity index (χ3n) is 2.92. The molecule has 1 aromatic carbocycles. The number of hydrogen-bond acceptors (Lipinski definition) is 3. The first kappa shape index (κ1) is 13.2. The monoisotopic (exact) mass is 312 g/mol. The molecule has 18 heavy (non-hydrogen) atoms. The van der Waals surface area contributed by atoms with E-state index in [4.69, 9.17) is 0 Å². The van der Waals surface area contributed by atoms with E-state index in [2.05, 4.69) is 31.6 Å². The van der Waals surface area contributed by atoms with Crippen molar-refractivity contribution in [2.75, 3.05) is 7.05 Å². The molecule has 0 spiro atoms. The number of aryl methyl sites for hydroxylation is 2. The van der Waals surface area contributed by atoms with Gasteiger partial charge in [0.25, 0.3) is 0 Å². The van der Waals surface area contributed by atoms with Crippen LogP contribution in [0, 0.1) is 12.7 Å². The van der Waals surface area contributed by atoms with E-state index in [0.29, 0.717) is 15.7 Å². The molecule has 1 N–H and O–H groups in total. The first-order valence-electron chi connectivity index (χ1n) is 5.53. The molecule has 1 unspecified atom stereocenters. The summed E-state index contributed by atoms with van der Waals surface area (Å²) in [5, 5.41) is 10.9. The number of halogens is 2. The molecule has 1 heterocycles. The van der Waals surface area contributed by atoms with Crippen molar-refractivity contribution in [1.29, 1.82) is 0 Å². The van der Waals surface area contributed by atoms with E-state index in [0.717, 1.165) is 5.69 Å². The van der Waals surface area contributed by atoms with Crippen LogP contribution in [0.4, 0.5) is 4.39 Å². The SMILES string of the molecule is CNC(c1cccc(C)c1F)c1c(Br)nnn1C. The summed E-state index contributed by atoms with van der Waals surface area (Å²) in [6, 6.07) is 5.07. The number of nitrogens with zero attached hydrogens (tertiary/aromatic N) is 3. The highest BCUT2D eigenvalue weighted by Gasteiger charge is 2.23. The van der Waals surface area contributed by atoms with E-state index in [-0.39, 0.29) is 11.9 Å². The largest absolute Gasteiger partial charge is 0.308 e. The second kappa shape index (κ2) is 5.16. The molecule has 96 valence electrons. The van der Waals surface area contributed by atoms with E-state index < -0.39 is 0 Å². The highest BCUT2D eigenvalue weighted by Crippen LogP contribution is 2.28. The fourth-order valence-corrected chi connectivity index (χ4v) is 2.53. The van der Waals surface area contributed by atoms with Gasteiger partial charge in [-0.25, -0.2) is 9.07 Å². The normalized spacial score (nSPS) is 12.7. The Morgan fingerprint density at radius 2 is 2.17 bits per heavy atom. The van der Waals surface area contributed by atoms with E-state index in [9.17, 15) is 4.39 Å². The number of nitrogens with one attached hydrogen (secondary N) is 1. The third kappa shape index (κ3) is 2.18. The predicted molar refractivity (Wildman–Crippen MR) is 70.7 cm³/mol. The van der Waals surface area contributed by atoms with E-state index in [1.165, 1.54) is 0 Å². The van der Waals surface area contributed by atoms with Crippen LogP contribution in [0.2, 0.25) is 0 Å². The van der Waals surface area contributed by atoms with Gasteiger partial charge in [0.15, 0.2) is 4.60 Å². The van der Waals surface area contributed by atoms with Crippen LogP contribution in [0.5, 0.6) is 0 Å². The Hall–Kier alpha value is -1.27. The van der Waals surface area contributed by atoms with Gasteiger partial charge in [-0.2, -0.15) is 0 Å². The Bertz CT molecular complexity index is 548. The van der Waals surface area contributed by atoms with Crippen molar-refractivity contribution in [2.45, 2.75) is 13.0 Å². The second-order valence-corrected chi connectivity index (χ2v) is 4.84. The highest BCUT2D eigenvalue weighted by atomic mass is 79.9. The maximum absolute atomic E-state index is 14.2. The van der Waals surface area contributed by atoms with Gasteiger partial charge in [0, 0.05) is 12.6 Å². The number of hydrogen-bond donors (Lipinski definition) is 1. The van der Waals surface area contributed by atoms with Crippen LogP contribution in [-0.2, 0) is 7.05 Å². The molecule has 0 aliphatic heterocycles. The lowest BCUT2D eigenvalue weighted by Gasteiger charge is -2.18. The molecule has 0 radical (unpaired) electrons. The van der Waals surface area contributed by atoms with Crippen LogP contribution in [0.25, 0.3) is 0 Å². The second-order valence-electron chi connectivity index (χ2n) is 4.09. The quantitative estimate of drug-likeness (QED) is 0.946. The molecule has 1 atom stereocenters. The van der Waals surface area contributed by atoms with Crippen LogP contribution in [0.1, 0.15) is 22.9 Å². The van der Waals surface area contributed by atoms with Crippen LogP contribution in [0.3, 0.4) is 0 Å². The molecule has 1 aromatic heterocycles. The molecule has 0 fully saturated rings. The fraction of sp³-hybridized carbons (Fsp3) is 0.333. The Kier molecular flexibility index (Phi) is 3.77. The zero-order valence-electron chi connectivity index (χ0n) is 10.4. The van der Waals surface area contributed by atoms with E-state index in [1.807, 2.05) is 6.07 Å². The summed E-state index contributed by atoms with van der Waals surface area (Å²) in [5.74, 6) is -0.204. The molecule has 6 heteroatoms. The van der Waals surface area contributed by atoms with Gasteiger partial charge in [-0.1, -0.05) is 23.4 Å². The standard InChI is InChI=1S/C12H14BrFN4/c1-7-5-4-6-8(9(7)14)10(15-2)11-12(13)16-17-18(11)3/h4-6,10,15H,1-3H3. The van der Waals surface area contributed by atoms with Gasteiger partial charge >= 0.3 is 0 Å². The van der Waals surface area contributed by atoms with Gasteiger partial charge in [0.2, 0.25) is 0 Å². The van der Waals surface area contributed by atoms with Gasteiger partial charge in [0.1, 0.15) is 5.82 Å². The minimum Gasteiger partial charge on any atom is -0.308 e. The van der Waals surface area contributed by atoms with Gasteiger partial charge in [-0.15, -0.1) is 5.10 Å². The topological polar surface area (TPSA) is 42.7 Å². The summed E-state index contributed by atoms with van der Waals surface area (Å²) >= 11 is 3.34. The molecule has 4 nitrogen and oxygen atoms in total. The number of aromatic nitrogens is 3. The molecule has 2 rings (SSSR count). The lowest BCUT2D eigenvalue weighted by Crippen LogP contribution is -2.22. The average Bonchev–Trinajstić information content (AvgIpc) is 2.67. The predicted octanol–water partition coefficient (Wildman–Crippen LogP) is 2.33. The molecule has 0 saturated carbocycles. The average molecular weight is 313 g/mol. The maximum Gasteiger partial charge on any atom is 0.153 e. The van der Waals surface area contributed by atoms with Crippen molar-refractivity contribution in [3.8, 4) is 0 Å².